The Hall–Kier alpha value is -2.59. The number of benzene rings is 2. The number of thiazole rings is 2. The molecule has 0 spiro atoms. The Morgan fingerprint density at radius 2 is 1.68 bits per heavy atom. The van der Waals surface area contributed by atoms with Crippen LogP contribution in [0.15, 0.2) is 64.7 Å². The summed E-state index contributed by atoms with van der Waals surface area (Å²) in [6.07, 6.45) is 1.53. The predicted molar refractivity (Wildman–Crippen MR) is 153 cm³/mol. The van der Waals surface area contributed by atoms with Crippen molar-refractivity contribution in [3.05, 3.63) is 70.3 Å². The molecular weight excluding hydrogens is 570 g/mol. The van der Waals surface area contributed by atoms with Gasteiger partial charge in [-0.25, -0.2) is 14.8 Å². The number of hydrogen-bond donors (Lipinski definition) is 2. The summed E-state index contributed by atoms with van der Waals surface area (Å²) < 4.78 is 0.813. The smallest absolute Gasteiger partial charge is 0.408 e. The minimum atomic E-state index is -0.988. The maximum Gasteiger partial charge on any atom is 0.408 e. The number of carbonyl (C=O) groups is 1. The van der Waals surface area contributed by atoms with Crippen molar-refractivity contribution < 1.29 is 15.0 Å². The second-order valence-corrected chi connectivity index (χ2v) is 14.1. The largest absolute Gasteiger partial charge is 0.465 e. The van der Waals surface area contributed by atoms with E-state index in [-0.39, 0.29) is 0 Å². The van der Waals surface area contributed by atoms with Crippen LogP contribution in [0.25, 0.3) is 31.6 Å². The average molecular weight is 599 g/mol. The summed E-state index contributed by atoms with van der Waals surface area (Å²) in [6, 6.07) is 18.2. The topological polar surface area (TPSA) is 86.6 Å². The lowest BCUT2D eigenvalue weighted by Crippen LogP contribution is -2.67. The van der Waals surface area contributed by atoms with Gasteiger partial charge in [0.15, 0.2) is 3.92 Å². The minimum Gasteiger partial charge on any atom is -0.465 e. The zero-order valence-electron chi connectivity index (χ0n) is 21.0. The molecule has 0 radical (unpaired) electrons. The van der Waals surface area contributed by atoms with Crippen LogP contribution < -0.4 is 0 Å². The van der Waals surface area contributed by atoms with Crippen molar-refractivity contribution in [1.29, 1.82) is 0 Å². The van der Waals surface area contributed by atoms with Gasteiger partial charge in [-0.05, 0) is 54.8 Å². The van der Waals surface area contributed by atoms with E-state index < -0.39 is 22.8 Å². The van der Waals surface area contributed by atoms with Crippen molar-refractivity contribution >= 4 is 44.7 Å². The first-order chi connectivity index (χ1) is 17.4. The molecule has 0 saturated heterocycles. The molecule has 1 fully saturated rings. The molecule has 1 aliphatic carbocycles. The quantitative estimate of drug-likeness (QED) is 0.244. The van der Waals surface area contributed by atoms with Gasteiger partial charge in [-0.3, -0.25) is 4.90 Å². The van der Waals surface area contributed by atoms with E-state index in [1.807, 2.05) is 69.4 Å². The summed E-state index contributed by atoms with van der Waals surface area (Å²) in [7, 11) is 0. The predicted octanol–water partition coefficient (Wildman–Crippen LogP) is 7.88. The van der Waals surface area contributed by atoms with Gasteiger partial charge >= 0.3 is 6.09 Å². The van der Waals surface area contributed by atoms with E-state index in [9.17, 15) is 15.0 Å². The van der Waals surface area contributed by atoms with E-state index in [2.05, 4.69) is 33.0 Å². The summed E-state index contributed by atoms with van der Waals surface area (Å²) in [6.45, 7) is 7.45. The molecule has 5 rings (SSSR count). The summed E-state index contributed by atoms with van der Waals surface area (Å²) in [5.74, 6) is 0. The molecule has 0 aliphatic heterocycles. The van der Waals surface area contributed by atoms with Gasteiger partial charge in [0.1, 0.15) is 5.01 Å². The Morgan fingerprint density at radius 1 is 1.03 bits per heavy atom. The number of aromatic nitrogens is 2. The molecule has 0 unspecified atom stereocenters. The Bertz CT molecular complexity index is 1430. The third-order valence-electron chi connectivity index (χ3n) is 6.68. The van der Waals surface area contributed by atoms with Gasteiger partial charge in [-0.2, -0.15) is 0 Å². The first-order valence-corrected chi connectivity index (χ1v) is 14.4. The molecule has 1 aliphatic rings. The molecule has 2 heterocycles. The van der Waals surface area contributed by atoms with E-state index in [4.69, 9.17) is 4.98 Å². The summed E-state index contributed by atoms with van der Waals surface area (Å²) >= 11 is 6.62. The lowest BCUT2D eigenvalue weighted by molar-refractivity contribution is -0.152. The van der Waals surface area contributed by atoms with Crippen molar-refractivity contribution in [2.45, 2.75) is 57.2 Å². The molecule has 2 aromatic carbocycles. The molecule has 1 saturated carbocycles. The van der Waals surface area contributed by atoms with Crippen LogP contribution in [0.5, 0.6) is 0 Å². The summed E-state index contributed by atoms with van der Waals surface area (Å²) in [4.78, 5) is 25.3. The van der Waals surface area contributed by atoms with Crippen molar-refractivity contribution in [2.24, 2.45) is 0 Å². The van der Waals surface area contributed by atoms with Crippen LogP contribution in [0.2, 0.25) is 0 Å². The highest BCUT2D eigenvalue weighted by Gasteiger charge is 2.59. The molecule has 0 atom stereocenters. The normalized spacial score (nSPS) is 21.5. The molecule has 9 heteroatoms. The fourth-order valence-electron chi connectivity index (χ4n) is 5.51. The van der Waals surface area contributed by atoms with Crippen LogP contribution in [-0.2, 0) is 5.54 Å². The maximum atomic E-state index is 12.4. The van der Waals surface area contributed by atoms with Crippen molar-refractivity contribution in [3.8, 4) is 31.6 Å². The number of halogens is 1. The fraction of sp³-hybridized carbons (Fsp3) is 0.321. The number of hydrogen-bond acceptors (Lipinski definition) is 6. The van der Waals surface area contributed by atoms with Gasteiger partial charge in [0.25, 0.3) is 0 Å². The number of carboxylic acid groups (broad SMARTS) is 1. The van der Waals surface area contributed by atoms with Crippen LogP contribution in [0.1, 0.15) is 46.1 Å². The highest BCUT2D eigenvalue weighted by Crippen LogP contribution is 2.55. The summed E-state index contributed by atoms with van der Waals surface area (Å²) in [5, 5.41) is 21.8. The number of aliphatic hydroxyl groups is 1. The van der Waals surface area contributed by atoms with Crippen molar-refractivity contribution in [3.63, 3.8) is 0 Å². The highest BCUT2D eigenvalue weighted by molar-refractivity contribution is 9.11. The monoisotopic (exact) mass is 597 g/mol. The first-order valence-electron chi connectivity index (χ1n) is 11.9. The number of rotatable bonds is 5. The van der Waals surface area contributed by atoms with E-state index in [1.54, 1.807) is 29.6 Å². The molecule has 37 heavy (non-hydrogen) atoms. The Kier molecular flexibility index (Phi) is 6.55. The Balaban J connectivity index is 1.59. The summed E-state index contributed by atoms with van der Waals surface area (Å²) in [5.41, 5.74) is 1.46. The van der Waals surface area contributed by atoms with Gasteiger partial charge in [0, 0.05) is 30.1 Å². The number of nitrogens with zero attached hydrogens (tertiary/aromatic N) is 3. The molecule has 2 N–H and O–H groups in total. The van der Waals surface area contributed by atoms with Gasteiger partial charge in [-0.15, -0.1) is 22.7 Å². The van der Waals surface area contributed by atoms with E-state index in [1.165, 1.54) is 4.90 Å². The third kappa shape index (κ3) is 4.85. The highest BCUT2D eigenvalue weighted by atomic mass is 79.9. The zero-order chi connectivity index (χ0) is 26.6. The van der Waals surface area contributed by atoms with Crippen molar-refractivity contribution in [1.82, 2.24) is 14.9 Å². The minimum absolute atomic E-state index is 0.347. The average Bonchev–Trinajstić information content (AvgIpc) is 3.44. The SMILES string of the molecule is CC1(O)CC(c2ccc(-c3nc(-c4cnc(Br)s4)sc3-c3ccccc3)cc2)(N(C(=O)O)C(C)(C)C)C1. The van der Waals surface area contributed by atoms with E-state index in [0.29, 0.717) is 12.8 Å². The molecule has 192 valence electrons. The van der Waals surface area contributed by atoms with Crippen LogP contribution >= 0.6 is 38.6 Å². The van der Waals surface area contributed by atoms with Gasteiger partial charge in [0.2, 0.25) is 0 Å². The number of amides is 1. The van der Waals surface area contributed by atoms with E-state index in [0.717, 1.165) is 41.1 Å². The molecule has 6 nitrogen and oxygen atoms in total. The Morgan fingerprint density at radius 3 is 2.19 bits per heavy atom. The molecule has 0 bridgehead atoms. The van der Waals surface area contributed by atoms with Crippen LogP contribution in [0.3, 0.4) is 0 Å². The lowest BCUT2D eigenvalue weighted by atomic mass is 9.60. The standard InChI is InChI=1S/C28H28BrN3O3S2/c1-26(2,3)32(25(33)34)28(15-27(4,35)16-28)19-12-10-17(11-13-19)21-22(18-8-6-5-7-9-18)37-23(31-21)20-14-30-24(29)36-20/h5-14,35H,15-16H2,1-4H3,(H,33,34). The Labute approximate surface area is 232 Å². The van der Waals surface area contributed by atoms with Crippen LogP contribution in [0.4, 0.5) is 4.79 Å². The first kappa shape index (κ1) is 26.0. The van der Waals surface area contributed by atoms with Crippen LogP contribution in [0, 0.1) is 0 Å². The molecule has 2 aromatic heterocycles. The maximum absolute atomic E-state index is 12.4. The molecular formula is C28H28BrN3O3S2. The molecule has 1 amide bonds. The van der Waals surface area contributed by atoms with Crippen LogP contribution in [-0.4, -0.2) is 42.3 Å². The lowest BCUT2D eigenvalue weighted by Gasteiger charge is -2.60. The van der Waals surface area contributed by atoms with E-state index >= 15 is 0 Å². The van der Waals surface area contributed by atoms with Crippen molar-refractivity contribution in [2.75, 3.05) is 0 Å². The van der Waals surface area contributed by atoms with Gasteiger partial charge in [0.05, 0.1) is 26.6 Å². The molecule has 4 aromatic rings. The van der Waals surface area contributed by atoms with Gasteiger partial charge in [-0.1, -0.05) is 54.6 Å². The fourth-order valence-corrected chi connectivity index (χ4v) is 7.91. The van der Waals surface area contributed by atoms with Gasteiger partial charge < -0.3 is 10.2 Å². The second kappa shape index (κ2) is 9.31. The third-order valence-corrected chi connectivity index (χ3v) is 9.43. The second-order valence-electron chi connectivity index (χ2n) is 10.8. The zero-order valence-corrected chi connectivity index (χ0v) is 24.2.